The van der Waals surface area contributed by atoms with E-state index in [1.165, 1.54) is 11.8 Å². The molecule has 0 aromatic heterocycles. The van der Waals surface area contributed by atoms with E-state index in [0.29, 0.717) is 5.92 Å². The number of thioether (sulfide) groups is 1. The molecule has 0 aliphatic heterocycles. The van der Waals surface area contributed by atoms with Crippen LogP contribution in [0, 0.1) is 5.92 Å². The number of rotatable bonds is 5. The minimum atomic E-state index is -0.671. The summed E-state index contributed by atoms with van der Waals surface area (Å²) in [6.07, 6.45) is 3.87. The molecule has 0 amide bonds. The lowest BCUT2D eigenvalue weighted by molar-refractivity contribution is -0.143. The Hall–Kier alpha value is -0.480. The summed E-state index contributed by atoms with van der Waals surface area (Å²) in [4.78, 5) is 12.6. The summed E-state index contributed by atoms with van der Waals surface area (Å²) in [5.41, 5.74) is 0. The summed E-state index contributed by atoms with van der Waals surface area (Å²) < 4.78 is 0.374. The largest absolute Gasteiger partial charge is 0.480 e. The Balaban J connectivity index is 2.10. The van der Waals surface area contributed by atoms with Crippen molar-refractivity contribution in [3.05, 3.63) is 28.7 Å². The fraction of sp³-hybridized carbons (Fsp3) is 0.500. The lowest BCUT2D eigenvalue weighted by Gasteiger charge is -2.44. The molecule has 1 aliphatic rings. The van der Waals surface area contributed by atoms with Gasteiger partial charge in [-0.3, -0.25) is 4.79 Å². The van der Waals surface area contributed by atoms with Crippen LogP contribution in [0.2, 0.25) is 0 Å². The average Bonchev–Trinajstić information content (AvgIpc) is 2.28. The average molecular weight is 329 g/mol. The quantitative estimate of drug-likeness (QED) is 0.859. The zero-order valence-corrected chi connectivity index (χ0v) is 12.8. The van der Waals surface area contributed by atoms with E-state index in [1.807, 2.05) is 24.3 Å². The summed E-state index contributed by atoms with van der Waals surface area (Å²) in [7, 11) is 0. The SMILES string of the molecule is CCCC1CC(Sc2ccccc2Br)(C(=O)O)C1. The lowest BCUT2D eigenvalue weighted by Crippen LogP contribution is -2.47. The number of carboxylic acids is 1. The Labute approximate surface area is 120 Å². The van der Waals surface area contributed by atoms with Crippen molar-refractivity contribution in [2.45, 2.75) is 42.2 Å². The van der Waals surface area contributed by atoms with Gasteiger partial charge in [0.15, 0.2) is 0 Å². The third-order valence-corrected chi connectivity index (χ3v) is 5.89. The monoisotopic (exact) mass is 328 g/mol. The molecule has 0 unspecified atom stereocenters. The highest BCUT2D eigenvalue weighted by atomic mass is 79.9. The van der Waals surface area contributed by atoms with Crippen molar-refractivity contribution in [1.29, 1.82) is 0 Å². The van der Waals surface area contributed by atoms with Crippen LogP contribution >= 0.6 is 27.7 Å². The number of halogens is 1. The molecule has 1 aromatic carbocycles. The Morgan fingerprint density at radius 1 is 1.50 bits per heavy atom. The van der Waals surface area contributed by atoms with Gasteiger partial charge >= 0.3 is 5.97 Å². The van der Waals surface area contributed by atoms with Crippen LogP contribution in [-0.4, -0.2) is 15.8 Å². The van der Waals surface area contributed by atoms with Gasteiger partial charge in [-0.15, -0.1) is 11.8 Å². The maximum atomic E-state index is 11.5. The van der Waals surface area contributed by atoms with Crippen LogP contribution in [0.3, 0.4) is 0 Å². The molecule has 0 radical (unpaired) electrons. The number of carbonyl (C=O) groups is 1. The second kappa shape index (κ2) is 5.66. The van der Waals surface area contributed by atoms with E-state index < -0.39 is 10.7 Å². The number of aliphatic carboxylic acids is 1. The van der Waals surface area contributed by atoms with Gasteiger partial charge < -0.3 is 5.11 Å². The van der Waals surface area contributed by atoms with E-state index >= 15 is 0 Å². The van der Waals surface area contributed by atoms with Crippen molar-refractivity contribution >= 4 is 33.7 Å². The smallest absolute Gasteiger partial charge is 0.320 e. The molecule has 0 bridgehead atoms. The van der Waals surface area contributed by atoms with Crippen LogP contribution in [0.4, 0.5) is 0 Å². The van der Waals surface area contributed by atoms with E-state index in [4.69, 9.17) is 0 Å². The Morgan fingerprint density at radius 2 is 2.17 bits per heavy atom. The van der Waals surface area contributed by atoms with Gasteiger partial charge in [0.25, 0.3) is 0 Å². The molecule has 18 heavy (non-hydrogen) atoms. The number of benzene rings is 1. The van der Waals surface area contributed by atoms with Crippen molar-refractivity contribution in [1.82, 2.24) is 0 Å². The molecule has 0 atom stereocenters. The first-order chi connectivity index (χ1) is 8.57. The van der Waals surface area contributed by atoms with Gasteiger partial charge in [0.2, 0.25) is 0 Å². The van der Waals surface area contributed by atoms with E-state index in [2.05, 4.69) is 22.9 Å². The zero-order valence-electron chi connectivity index (χ0n) is 10.4. The molecule has 1 fully saturated rings. The highest BCUT2D eigenvalue weighted by molar-refractivity contribution is 9.10. The van der Waals surface area contributed by atoms with Gasteiger partial charge in [-0.25, -0.2) is 0 Å². The first-order valence-corrected chi connectivity index (χ1v) is 7.85. The Bertz CT molecular complexity index is 441. The van der Waals surface area contributed by atoms with Gasteiger partial charge in [0.1, 0.15) is 4.75 Å². The fourth-order valence-electron chi connectivity index (χ4n) is 2.52. The van der Waals surface area contributed by atoms with Crippen LogP contribution < -0.4 is 0 Å². The minimum Gasteiger partial charge on any atom is -0.480 e. The predicted octanol–water partition coefficient (Wildman–Crippen LogP) is 4.57. The molecule has 1 saturated carbocycles. The van der Waals surface area contributed by atoms with Gasteiger partial charge in [0.05, 0.1) is 0 Å². The first kappa shape index (κ1) is 13.9. The Morgan fingerprint density at radius 3 is 2.72 bits per heavy atom. The number of hydrogen-bond acceptors (Lipinski definition) is 2. The van der Waals surface area contributed by atoms with E-state index in [-0.39, 0.29) is 0 Å². The van der Waals surface area contributed by atoms with Crippen molar-refractivity contribution in [3.63, 3.8) is 0 Å². The Kier molecular flexibility index (Phi) is 4.38. The van der Waals surface area contributed by atoms with Crippen LogP contribution in [-0.2, 0) is 4.79 Å². The maximum absolute atomic E-state index is 11.5. The van der Waals surface area contributed by atoms with Crippen LogP contribution in [0.5, 0.6) is 0 Å². The van der Waals surface area contributed by atoms with Crippen molar-refractivity contribution < 1.29 is 9.90 Å². The third-order valence-electron chi connectivity index (χ3n) is 3.47. The molecule has 0 heterocycles. The van der Waals surface area contributed by atoms with Crippen LogP contribution in [0.1, 0.15) is 32.6 Å². The van der Waals surface area contributed by atoms with Gasteiger partial charge in [-0.2, -0.15) is 0 Å². The minimum absolute atomic E-state index is 0.584. The molecule has 1 N–H and O–H groups in total. The molecule has 0 spiro atoms. The molecule has 4 heteroatoms. The molecule has 1 aliphatic carbocycles. The zero-order chi connectivity index (χ0) is 13.2. The molecule has 1 aromatic rings. The van der Waals surface area contributed by atoms with Crippen molar-refractivity contribution in [2.24, 2.45) is 5.92 Å². The van der Waals surface area contributed by atoms with Gasteiger partial charge in [0, 0.05) is 9.37 Å². The predicted molar refractivity (Wildman–Crippen MR) is 78.0 cm³/mol. The summed E-state index contributed by atoms with van der Waals surface area (Å²) >= 11 is 4.98. The standard InChI is InChI=1S/C14H17BrO2S/c1-2-5-10-8-14(9-10,13(16)17)18-12-7-4-3-6-11(12)15/h3-4,6-7,10H,2,5,8-9H2,1H3,(H,16,17). The van der Waals surface area contributed by atoms with E-state index in [0.717, 1.165) is 35.1 Å². The van der Waals surface area contributed by atoms with Gasteiger partial charge in [-0.05, 0) is 46.8 Å². The second-order valence-electron chi connectivity index (χ2n) is 4.89. The maximum Gasteiger partial charge on any atom is 0.320 e. The van der Waals surface area contributed by atoms with E-state index in [1.54, 1.807) is 0 Å². The number of carboxylic acid groups (broad SMARTS) is 1. The first-order valence-electron chi connectivity index (χ1n) is 6.24. The summed E-state index contributed by atoms with van der Waals surface area (Å²) in [5.74, 6) is -0.0864. The molecular formula is C14H17BrO2S. The van der Waals surface area contributed by atoms with Crippen molar-refractivity contribution in [2.75, 3.05) is 0 Å². The normalized spacial score (nSPS) is 26.7. The van der Waals surface area contributed by atoms with Gasteiger partial charge in [-0.1, -0.05) is 31.9 Å². The number of hydrogen-bond donors (Lipinski definition) is 1. The lowest BCUT2D eigenvalue weighted by atomic mass is 9.72. The summed E-state index contributed by atoms with van der Waals surface area (Å²) in [6, 6.07) is 7.83. The van der Waals surface area contributed by atoms with Crippen LogP contribution in [0.15, 0.2) is 33.6 Å². The van der Waals surface area contributed by atoms with E-state index in [9.17, 15) is 9.90 Å². The topological polar surface area (TPSA) is 37.3 Å². The second-order valence-corrected chi connectivity index (χ2v) is 7.17. The van der Waals surface area contributed by atoms with Crippen molar-refractivity contribution in [3.8, 4) is 0 Å². The molecule has 2 nitrogen and oxygen atoms in total. The molecule has 98 valence electrons. The molecule has 0 saturated heterocycles. The highest BCUT2D eigenvalue weighted by Crippen LogP contribution is 2.53. The summed E-state index contributed by atoms with van der Waals surface area (Å²) in [6.45, 7) is 2.15. The fourth-order valence-corrected chi connectivity index (χ4v) is 4.51. The third kappa shape index (κ3) is 2.75. The van der Waals surface area contributed by atoms with Crippen LogP contribution in [0.25, 0.3) is 0 Å². The molecule has 2 rings (SSSR count). The summed E-state index contributed by atoms with van der Waals surface area (Å²) in [5, 5.41) is 9.49. The highest BCUT2D eigenvalue weighted by Gasteiger charge is 2.50. The molecular weight excluding hydrogens is 312 g/mol.